The zero-order valence-corrected chi connectivity index (χ0v) is 12.1. The first-order valence-corrected chi connectivity index (χ1v) is 6.56. The topological polar surface area (TPSA) is 76.2 Å². The first-order chi connectivity index (χ1) is 10.0. The summed E-state index contributed by atoms with van der Waals surface area (Å²) in [6.45, 7) is 0.0472. The molecule has 2 rings (SSSR count). The van der Waals surface area contributed by atoms with E-state index in [9.17, 15) is 14.5 Å². The first-order valence-electron chi connectivity index (χ1n) is 5.76. The molecule has 0 saturated heterocycles. The van der Waals surface area contributed by atoms with E-state index >= 15 is 0 Å². The van der Waals surface area contributed by atoms with Gasteiger partial charge in [0.05, 0.1) is 21.0 Å². The van der Waals surface area contributed by atoms with Crippen LogP contribution in [0.2, 0.25) is 0 Å². The molecule has 0 N–H and O–H groups in total. The Hall–Kier alpha value is -2.46. The molecule has 2 aromatic rings. The quantitative estimate of drug-likeness (QED) is 0.617. The minimum absolute atomic E-state index is 0.0472. The number of nitrogens with zero attached hydrogens (tertiary/aromatic N) is 2. The molecule has 0 unspecified atom stereocenters. The van der Waals surface area contributed by atoms with E-state index in [2.05, 4.69) is 15.9 Å². The van der Waals surface area contributed by atoms with Gasteiger partial charge in [-0.25, -0.2) is 4.39 Å². The van der Waals surface area contributed by atoms with Gasteiger partial charge in [-0.15, -0.1) is 0 Å². The standard InChI is InChI=1S/C14H8BrFN2O3/c15-11-5-10(1-3-12(11)16)8-21-14-4-2-9(7-17)6-13(14)18(19)20/h1-6H,8H2. The van der Waals surface area contributed by atoms with Crippen LogP contribution in [0.3, 0.4) is 0 Å². The summed E-state index contributed by atoms with van der Waals surface area (Å²) < 4.78 is 18.8. The van der Waals surface area contributed by atoms with Crippen molar-refractivity contribution >= 4 is 21.6 Å². The van der Waals surface area contributed by atoms with Crippen molar-refractivity contribution in [2.24, 2.45) is 0 Å². The van der Waals surface area contributed by atoms with Crippen LogP contribution in [0, 0.1) is 27.3 Å². The van der Waals surface area contributed by atoms with Crippen LogP contribution in [0.15, 0.2) is 40.9 Å². The molecule has 21 heavy (non-hydrogen) atoms. The number of nitro groups is 1. The number of rotatable bonds is 4. The van der Waals surface area contributed by atoms with Gasteiger partial charge in [0.2, 0.25) is 0 Å². The van der Waals surface area contributed by atoms with E-state index in [4.69, 9.17) is 10.00 Å². The molecule has 0 bridgehead atoms. The monoisotopic (exact) mass is 350 g/mol. The maximum absolute atomic E-state index is 13.1. The van der Waals surface area contributed by atoms with E-state index in [0.717, 1.165) is 6.07 Å². The lowest BCUT2D eigenvalue weighted by atomic mass is 10.2. The fourth-order valence-electron chi connectivity index (χ4n) is 1.64. The molecule has 106 valence electrons. The smallest absolute Gasteiger partial charge is 0.312 e. The van der Waals surface area contributed by atoms with Crippen LogP contribution in [0.5, 0.6) is 5.75 Å². The van der Waals surface area contributed by atoms with Gasteiger partial charge in [-0.2, -0.15) is 5.26 Å². The molecule has 0 atom stereocenters. The van der Waals surface area contributed by atoms with Crippen LogP contribution < -0.4 is 4.74 Å². The molecular weight excluding hydrogens is 343 g/mol. The van der Waals surface area contributed by atoms with Gasteiger partial charge >= 0.3 is 5.69 Å². The van der Waals surface area contributed by atoms with Gasteiger partial charge in [0.25, 0.3) is 0 Å². The second-order valence-electron chi connectivity index (χ2n) is 4.09. The molecule has 5 nitrogen and oxygen atoms in total. The number of hydrogen-bond donors (Lipinski definition) is 0. The Morgan fingerprint density at radius 2 is 2.10 bits per heavy atom. The Balaban J connectivity index is 2.21. The van der Waals surface area contributed by atoms with Crippen LogP contribution in [-0.4, -0.2) is 4.92 Å². The lowest BCUT2D eigenvalue weighted by Gasteiger charge is -2.07. The third kappa shape index (κ3) is 3.55. The fourth-order valence-corrected chi connectivity index (χ4v) is 2.07. The summed E-state index contributed by atoms with van der Waals surface area (Å²) in [6, 6.07) is 10.1. The summed E-state index contributed by atoms with van der Waals surface area (Å²) in [5.74, 6) is -0.345. The zero-order chi connectivity index (χ0) is 15.4. The maximum Gasteiger partial charge on any atom is 0.312 e. The molecule has 0 aromatic heterocycles. The largest absolute Gasteiger partial charge is 0.482 e. The fraction of sp³-hybridized carbons (Fsp3) is 0.0714. The Morgan fingerprint density at radius 1 is 1.33 bits per heavy atom. The number of hydrogen-bond acceptors (Lipinski definition) is 4. The molecule has 0 fully saturated rings. The van der Waals surface area contributed by atoms with E-state index in [-0.39, 0.29) is 28.1 Å². The summed E-state index contributed by atoms with van der Waals surface area (Å²) in [7, 11) is 0. The Bertz CT molecular complexity index is 743. The predicted molar refractivity (Wildman–Crippen MR) is 76.2 cm³/mol. The van der Waals surface area contributed by atoms with Crippen molar-refractivity contribution in [1.29, 1.82) is 5.26 Å². The van der Waals surface area contributed by atoms with Crippen molar-refractivity contribution < 1.29 is 14.1 Å². The van der Waals surface area contributed by atoms with Gasteiger partial charge < -0.3 is 4.74 Å². The van der Waals surface area contributed by atoms with Crippen LogP contribution in [0.1, 0.15) is 11.1 Å². The predicted octanol–water partition coefficient (Wildman–Crippen LogP) is 3.95. The minimum Gasteiger partial charge on any atom is -0.482 e. The number of nitriles is 1. The van der Waals surface area contributed by atoms with Crippen molar-refractivity contribution in [1.82, 2.24) is 0 Å². The minimum atomic E-state index is -0.614. The molecule has 0 aliphatic carbocycles. The summed E-state index contributed by atoms with van der Waals surface area (Å²) in [6.07, 6.45) is 0. The average molecular weight is 351 g/mol. The number of nitro benzene ring substituents is 1. The highest BCUT2D eigenvalue weighted by Crippen LogP contribution is 2.29. The molecule has 0 radical (unpaired) electrons. The van der Waals surface area contributed by atoms with Gasteiger partial charge in [0, 0.05) is 6.07 Å². The molecule has 0 heterocycles. The van der Waals surface area contributed by atoms with E-state index in [1.54, 1.807) is 0 Å². The molecule has 0 aliphatic heterocycles. The van der Waals surface area contributed by atoms with Crippen molar-refractivity contribution in [2.75, 3.05) is 0 Å². The molecular formula is C14H8BrFN2O3. The highest BCUT2D eigenvalue weighted by atomic mass is 79.9. The average Bonchev–Trinajstić information content (AvgIpc) is 2.48. The van der Waals surface area contributed by atoms with Crippen molar-refractivity contribution in [3.05, 3.63) is 67.9 Å². The summed E-state index contributed by atoms with van der Waals surface area (Å²) in [4.78, 5) is 10.3. The van der Waals surface area contributed by atoms with Crippen molar-refractivity contribution in [3.8, 4) is 11.8 Å². The molecule has 0 saturated carbocycles. The van der Waals surface area contributed by atoms with Gasteiger partial charge in [-0.3, -0.25) is 10.1 Å². The maximum atomic E-state index is 13.1. The Labute approximate surface area is 127 Å². The summed E-state index contributed by atoms with van der Waals surface area (Å²) >= 11 is 3.05. The lowest BCUT2D eigenvalue weighted by Crippen LogP contribution is -2.00. The normalized spacial score (nSPS) is 9.95. The Kier molecular flexibility index (Phi) is 4.50. The van der Waals surface area contributed by atoms with Crippen LogP contribution >= 0.6 is 15.9 Å². The second kappa shape index (κ2) is 6.33. The van der Waals surface area contributed by atoms with Crippen molar-refractivity contribution in [3.63, 3.8) is 0 Å². The highest BCUT2D eigenvalue weighted by Gasteiger charge is 2.16. The van der Waals surface area contributed by atoms with Crippen LogP contribution in [0.25, 0.3) is 0 Å². The van der Waals surface area contributed by atoms with E-state index in [1.165, 1.54) is 30.3 Å². The van der Waals surface area contributed by atoms with Crippen LogP contribution in [-0.2, 0) is 6.61 Å². The molecule has 0 amide bonds. The molecule has 0 aliphatic rings. The van der Waals surface area contributed by atoms with E-state index in [1.807, 2.05) is 6.07 Å². The van der Waals surface area contributed by atoms with E-state index < -0.39 is 10.7 Å². The Morgan fingerprint density at radius 3 is 2.71 bits per heavy atom. The highest BCUT2D eigenvalue weighted by molar-refractivity contribution is 9.10. The third-order valence-electron chi connectivity index (χ3n) is 2.66. The number of benzene rings is 2. The molecule has 0 spiro atoms. The molecule has 7 heteroatoms. The lowest BCUT2D eigenvalue weighted by molar-refractivity contribution is -0.386. The van der Waals surface area contributed by atoms with E-state index in [0.29, 0.717) is 5.56 Å². The van der Waals surface area contributed by atoms with Gasteiger partial charge in [0.15, 0.2) is 5.75 Å². The third-order valence-corrected chi connectivity index (χ3v) is 3.27. The van der Waals surface area contributed by atoms with Crippen LogP contribution in [0.4, 0.5) is 10.1 Å². The van der Waals surface area contributed by atoms with Crippen molar-refractivity contribution in [2.45, 2.75) is 6.61 Å². The second-order valence-corrected chi connectivity index (χ2v) is 4.94. The first kappa shape index (κ1) is 14.9. The number of halogens is 2. The SMILES string of the molecule is N#Cc1ccc(OCc2ccc(F)c(Br)c2)c([N+](=O)[O-])c1. The number of ether oxygens (including phenoxy) is 1. The zero-order valence-electron chi connectivity index (χ0n) is 10.5. The molecule has 2 aromatic carbocycles. The van der Waals surface area contributed by atoms with Gasteiger partial charge in [-0.05, 0) is 45.8 Å². The summed E-state index contributed by atoms with van der Waals surface area (Å²) in [5.41, 5.74) is 0.552. The van der Waals surface area contributed by atoms with Gasteiger partial charge in [0.1, 0.15) is 12.4 Å². The summed E-state index contributed by atoms with van der Waals surface area (Å²) in [5, 5.41) is 19.7. The van der Waals surface area contributed by atoms with Gasteiger partial charge in [-0.1, -0.05) is 6.07 Å².